The van der Waals surface area contributed by atoms with E-state index in [2.05, 4.69) is 35.4 Å². The number of pyridine rings is 2. The van der Waals surface area contributed by atoms with Crippen LogP contribution < -0.4 is 5.32 Å². The molecule has 1 N–H and O–H groups in total. The Morgan fingerprint density at radius 3 is 2.12 bits per heavy atom. The number of nitrogens with one attached hydrogen (secondary N) is 1. The van der Waals surface area contributed by atoms with Crippen LogP contribution in [0.25, 0.3) is 22.8 Å². The van der Waals surface area contributed by atoms with Crippen LogP contribution in [0, 0.1) is 5.92 Å². The summed E-state index contributed by atoms with van der Waals surface area (Å²) in [6.07, 6.45) is 1.47. The van der Waals surface area contributed by atoms with Crippen molar-refractivity contribution in [2.24, 2.45) is 5.92 Å². The topological polar surface area (TPSA) is 103 Å². The van der Waals surface area contributed by atoms with Gasteiger partial charge in [0.25, 0.3) is 0 Å². The number of aromatic nitrogens is 6. The molecule has 0 aliphatic carbocycles. The van der Waals surface area contributed by atoms with Gasteiger partial charge in [0.2, 0.25) is 11.7 Å². The largest absolute Gasteiger partial charge is 0.433 e. The molecule has 164 valence electrons. The predicted molar refractivity (Wildman–Crippen MR) is 109 cm³/mol. The molecule has 0 aliphatic heterocycles. The highest BCUT2D eigenvalue weighted by molar-refractivity contribution is 5.57. The van der Waals surface area contributed by atoms with Crippen LogP contribution in [0.15, 0.2) is 59.6 Å². The van der Waals surface area contributed by atoms with Crippen LogP contribution in [0.2, 0.25) is 0 Å². The van der Waals surface area contributed by atoms with Crippen LogP contribution in [0.3, 0.4) is 0 Å². The van der Waals surface area contributed by atoms with Crippen molar-refractivity contribution in [1.29, 1.82) is 0 Å². The predicted octanol–water partition coefficient (Wildman–Crippen LogP) is 4.81. The van der Waals surface area contributed by atoms with Crippen molar-refractivity contribution in [2.75, 3.05) is 5.32 Å². The molecular weight excluding hydrogens is 423 g/mol. The van der Waals surface area contributed by atoms with E-state index in [9.17, 15) is 13.2 Å². The van der Waals surface area contributed by atoms with E-state index in [1.807, 2.05) is 13.8 Å². The second-order valence-corrected chi connectivity index (χ2v) is 7.27. The molecule has 4 heterocycles. The van der Waals surface area contributed by atoms with Gasteiger partial charge in [-0.2, -0.15) is 18.2 Å². The lowest BCUT2D eigenvalue weighted by atomic mass is 10.0. The van der Waals surface area contributed by atoms with Crippen molar-refractivity contribution < 1.29 is 17.7 Å². The first-order chi connectivity index (χ1) is 15.3. The lowest BCUT2D eigenvalue weighted by Gasteiger charge is -2.20. The standard InChI is InChI=1S/C21H18F3N7O/c1-12(2)17(20-30-19(31-32-20)14-6-4-8-26-11-14)28-16-9-15(21(22,23)24)27-18(29-16)13-5-3-7-25-10-13/h3-12,17H,1-2H3,(H,27,28,29). The molecule has 0 aromatic carbocycles. The maximum Gasteiger partial charge on any atom is 0.433 e. The average molecular weight is 441 g/mol. The maximum atomic E-state index is 13.5. The second kappa shape index (κ2) is 8.69. The molecule has 4 aromatic heterocycles. The third kappa shape index (κ3) is 4.71. The Hall–Kier alpha value is -3.89. The van der Waals surface area contributed by atoms with E-state index in [0.717, 1.165) is 6.07 Å². The average Bonchev–Trinajstić information content (AvgIpc) is 3.27. The van der Waals surface area contributed by atoms with E-state index in [1.54, 1.807) is 36.7 Å². The van der Waals surface area contributed by atoms with Gasteiger partial charge in [0.05, 0.1) is 0 Å². The van der Waals surface area contributed by atoms with Crippen molar-refractivity contribution in [1.82, 2.24) is 30.1 Å². The van der Waals surface area contributed by atoms with E-state index in [4.69, 9.17) is 4.52 Å². The molecule has 8 nitrogen and oxygen atoms in total. The fourth-order valence-electron chi connectivity index (χ4n) is 2.94. The van der Waals surface area contributed by atoms with Crippen molar-refractivity contribution in [3.63, 3.8) is 0 Å². The van der Waals surface area contributed by atoms with Crippen LogP contribution in [-0.4, -0.2) is 30.1 Å². The third-order valence-corrected chi connectivity index (χ3v) is 4.53. The maximum absolute atomic E-state index is 13.5. The van der Waals surface area contributed by atoms with Crippen molar-refractivity contribution in [2.45, 2.75) is 26.1 Å². The number of nitrogens with zero attached hydrogens (tertiary/aromatic N) is 6. The highest BCUT2D eigenvalue weighted by Gasteiger charge is 2.34. The van der Waals surface area contributed by atoms with E-state index < -0.39 is 17.9 Å². The van der Waals surface area contributed by atoms with Crippen LogP contribution in [0.1, 0.15) is 31.5 Å². The SMILES string of the molecule is CC(C)C(Nc1cc(C(F)(F)F)nc(-c2cccnc2)n1)c1nc(-c2cccnc2)no1. The molecule has 0 bridgehead atoms. The Kier molecular flexibility index (Phi) is 5.80. The van der Waals surface area contributed by atoms with E-state index in [-0.39, 0.29) is 23.5 Å². The number of rotatable bonds is 6. The van der Waals surface area contributed by atoms with Crippen LogP contribution in [-0.2, 0) is 6.18 Å². The molecule has 4 aromatic rings. The van der Waals surface area contributed by atoms with Crippen molar-refractivity contribution in [3.05, 3.63) is 66.7 Å². The van der Waals surface area contributed by atoms with Gasteiger partial charge in [-0.25, -0.2) is 9.97 Å². The highest BCUT2D eigenvalue weighted by Crippen LogP contribution is 2.33. The summed E-state index contributed by atoms with van der Waals surface area (Å²) in [5.74, 6) is 0.318. The molecule has 32 heavy (non-hydrogen) atoms. The molecule has 11 heteroatoms. The van der Waals surface area contributed by atoms with E-state index in [1.165, 1.54) is 12.4 Å². The molecule has 0 fully saturated rings. The number of hydrogen-bond donors (Lipinski definition) is 1. The minimum absolute atomic E-state index is 0.0222. The van der Waals surface area contributed by atoms with Gasteiger partial charge in [0.1, 0.15) is 11.9 Å². The fraction of sp³-hybridized carbons (Fsp3) is 0.238. The Balaban J connectivity index is 1.70. The Morgan fingerprint density at radius 2 is 1.56 bits per heavy atom. The number of halogens is 3. The van der Waals surface area contributed by atoms with Gasteiger partial charge in [0, 0.05) is 42.0 Å². The van der Waals surface area contributed by atoms with Crippen LogP contribution in [0.5, 0.6) is 0 Å². The third-order valence-electron chi connectivity index (χ3n) is 4.53. The molecule has 0 radical (unpaired) electrons. The Morgan fingerprint density at radius 1 is 0.906 bits per heavy atom. The monoisotopic (exact) mass is 441 g/mol. The quantitative estimate of drug-likeness (QED) is 0.455. The van der Waals surface area contributed by atoms with Gasteiger partial charge >= 0.3 is 6.18 Å². The lowest BCUT2D eigenvalue weighted by molar-refractivity contribution is -0.141. The fourth-order valence-corrected chi connectivity index (χ4v) is 2.94. The molecule has 0 spiro atoms. The number of hydrogen-bond acceptors (Lipinski definition) is 8. The number of alkyl halides is 3. The van der Waals surface area contributed by atoms with Gasteiger partial charge in [0.15, 0.2) is 11.5 Å². The summed E-state index contributed by atoms with van der Waals surface area (Å²) in [5, 5.41) is 6.96. The summed E-state index contributed by atoms with van der Waals surface area (Å²) in [4.78, 5) is 20.3. The minimum Gasteiger partial charge on any atom is -0.358 e. The van der Waals surface area contributed by atoms with Crippen LogP contribution >= 0.6 is 0 Å². The molecule has 0 aliphatic rings. The first-order valence-corrected chi connectivity index (χ1v) is 9.68. The van der Waals surface area contributed by atoms with Crippen LogP contribution in [0.4, 0.5) is 19.0 Å². The smallest absolute Gasteiger partial charge is 0.358 e. The van der Waals surface area contributed by atoms with E-state index >= 15 is 0 Å². The molecule has 1 unspecified atom stereocenters. The summed E-state index contributed by atoms with van der Waals surface area (Å²) >= 11 is 0. The first kappa shape index (κ1) is 21.3. The van der Waals surface area contributed by atoms with Gasteiger partial charge in [-0.1, -0.05) is 19.0 Å². The summed E-state index contributed by atoms with van der Waals surface area (Å²) in [6.45, 7) is 3.75. The number of anilines is 1. The summed E-state index contributed by atoms with van der Waals surface area (Å²) in [7, 11) is 0. The van der Waals surface area contributed by atoms with Gasteiger partial charge < -0.3 is 9.84 Å². The normalized spacial score (nSPS) is 12.7. The molecule has 0 saturated carbocycles. The van der Waals surface area contributed by atoms with Gasteiger partial charge in [-0.3, -0.25) is 9.97 Å². The lowest BCUT2D eigenvalue weighted by Crippen LogP contribution is -2.19. The second-order valence-electron chi connectivity index (χ2n) is 7.27. The molecule has 1 atom stereocenters. The molecule has 0 amide bonds. The van der Waals surface area contributed by atoms with Crippen molar-refractivity contribution >= 4 is 5.82 Å². The summed E-state index contributed by atoms with van der Waals surface area (Å²) in [6, 6.07) is 6.97. The first-order valence-electron chi connectivity index (χ1n) is 9.68. The summed E-state index contributed by atoms with van der Waals surface area (Å²) < 4.78 is 45.9. The Bertz CT molecular complexity index is 1180. The highest BCUT2D eigenvalue weighted by atomic mass is 19.4. The van der Waals surface area contributed by atoms with Gasteiger partial charge in [-0.15, -0.1) is 0 Å². The van der Waals surface area contributed by atoms with Gasteiger partial charge in [-0.05, 0) is 30.2 Å². The molecule has 4 rings (SSSR count). The zero-order chi connectivity index (χ0) is 22.7. The van der Waals surface area contributed by atoms with Crippen molar-refractivity contribution in [3.8, 4) is 22.8 Å². The molecular formula is C21H18F3N7O. The summed E-state index contributed by atoms with van der Waals surface area (Å²) in [5.41, 5.74) is -0.0531. The zero-order valence-electron chi connectivity index (χ0n) is 17.1. The van der Waals surface area contributed by atoms with E-state index in [0.29, 0.717) is 17.0 Å². The minimum atomic E-state index is -4.65. The molecule has 0 saturated heterocycles. The zero-order valence-corrected chi connectivity index (χ0v) is 17.1. The Labute approximate surface area is 181 Å².